The number of amides is 2. The Bertz CT molecular complexity index is 1610. The van der Waals surface area contributed by atoms with Crippen LogP contribution in [0.1, 0.15) is 11.1 Å². The summed E-state index contributed by atoms with van der Waals surface area (Å²) in [4.78, 5) is 29.1. The maximum absolute atomic E-state index is 14.3. The predicted octanol–water partition coefficient (Wildman–Crippen LogP) is 4.29. The number of hydrogen-bond acceptors (Lipinski definition) is 6. The van der Waals surface area contributed by atoms with E-state index in [9.17, 15) is 18.0 Å². The molecule has 0 fully saturated rings. The van der Waals surface area contributed by atoms with Crippen molar-refractivity contribution in [2.24, 2.45) is 0 Å². The molecule has 0 spiro atoms. The van der Waals surface area contributed by atoms with E-state index in [-0.39, 0.29) is 29.5 Å². The second-order valence-electron chi connectivity index (χ2n) is 9.72. The van der Waals surface area contributed by atoms with Crippen molar-refractivity contribution in [3.8, 4) is 11.5 Å². The van der Waals surface area contributed by atoms with E-state index in [1.807, 2.05) is 36.4 Å². The lowest BCUT2D eigenvalue weighted by Gasteiger charge is -2.33. The fourth-order valence-electron chi connectivity index (χ4n) is 4.68. The molecule has 2 amide bonds. The van der Waals surface area contributed by atoms with E-state index in [2.05, 4.69) is 5.32 Å². The van der Waals surface area contributed by atoms with Crippen LogP contribution in [-0.4, -0.2) is 59.0 Å². The van der Waals surface area contributed by atoms with Gasteiger partial charge in [0.15, 0.2) is 0 Å². The molecule has 0 aliphatic rings. The summed E-state index contributed by atoms with van der Waals surface area (Å²) in [5.74, 6) is 0.204. The SMILES string of the molecule is CNC(=O)[C@H](Cc1ccccc1)N(Cc1cccc(OC)c1)C(=O)CN(c1ccc(OC)cc1)S(=O)(=O)c1ccccc1. The first-order valence-corrected chi connectivity index (χ1v) is 15.1. The van der Waals surface area contributed by atoms with Gasteiger partial charge in [0.1, 0.15) is 24.1 Å². The number of rotatable bonds is 13. The van der Waals surface area contributed by atoms with Gasteiger partial charge in [-0.2, -0.15) is 0 Å². The summed E-state index contributed by atoms with van der Waals surface area (Å²) >= 11 is 0. The number of carbonyl (C=O) groups excluding carboxylic acids is 2. The highest BCUT2D eigenvalue weighted by Crippen LogP contribution is 2.27. The molecular formula is C33H35N3O6S. The van der Waals surface area contributed by atoms with Crippen molar-refractivity contribution in [1.29, 1.82) is 0 Å². The van der Waals surface area contributed by atoms with Gasteiger partial charge in [0.05, 0.1) is 24.8 Å². The first kappa shape index (κ1) is 31.1. The molecule has 43 heavy (non-hydrogen) atoms. The quantitative estimate of drug-likeness (QED) is 0.245. The molecule has 1 N–H and O–H groups in total. The van der Waals surface area contributed by atoms with Gasteiger partial charge in [-0.15, -0.1) is 0 Å². The Morgan fingerprint density at radius 3 is 1.98 bits per heavy atom. The van der Waals surface area contributed by atoms with Crippen LogP contribution in [-0.2, 0) is 32.6 Å². The molecule has 0 aliphatic carbocycles. The molecule has 0 aliphatic heterocycles. The zero-order chi connectivity index (χ0) is 30.8. The van der Waals surface area contributed by atoms with Gasteiger partial charge in [0, 0.05) is 20.0 Å². The summed E-state index contributed by atoms with van der Waals surface area (Å²) < 4.78 is 39.6. The van der Waals surface area contributed by atoms with E-state index < -0.39 is 28.5 Å². The van der Waals surface area contributed by atoms with Gasteiger partial charge >= 0.3 is 0 Å². The minimum Gasteiger partial charge on any atom is -0.497 e. The van der Waals surface area contributed by atoms with Gasteiger partial charge in [-0.05, 0) is 59.7 Å². The summed E-state index contributed by atoms with van der Waals surface area (Å²) in [5.41, 5.74) is 1.85. The van der Waals surface area contributed by atoms with E-state index in [0.717, 1.165) is 15.4 Å². The predicted molar refractivity (Wildman–Crippen MR) is 166 cm³/mol. The third-order valence-corrected chi connectivity index (χ3v) is 8.76. The Balaban J connectivity index is 1.78. The Morgan fingerprint density at radius 1 is 0.767 bits per heavy atom. The van der Waals surface area contributed by atoms with Crippen molar-refractivity contribution < 1.29 is 27.5 Å². The molecule has 0 radical (unpaired) electrons. The van der Waals surface area contributed by atoms with Gasteiger partial charge in [0.25, 0.3) is 10.0 Å². The monoisotopic (exact) mass is 601 g/mol. The number of carbonyl (C=O) groups is 2. The van der Waals surface area contributed by atoms with Crippen LogP contribution in [0.5, 0.6) is 11.5 Å². The van der Waals surface area contributed by atoms with Gasteiger partial charge < -0.3 is 19.7 Å². The third kappa shape index (κ3) is 7.72. The van der Waals surface area contributed by atoms with Crippen LogP contribution in [0.25, 0.3) is 0 Å². The highest BCUT2D eigenvalue weighted by Gasteiger charge is 2.34. The smallest absolute Gasteiger partial charge is 0.264 e. The summed E-state index contributed by atoms with van der Waals surface area (Å²) in [5, 5.41) is 2.68. The van der Waals surface area contributed by atoms with Crippen molar-refractivity contribution >= 4 is 27.5 Å². The molecule has 9 nitrogen and oxygen atoms in total. The maximum atomic E-state index is 14.3. The molecule has 0 unspecified atom stereocenters. The first-order chi connectivity index (χ1) is 20.8. The number of nitrogens with one attached hydrogen (secondary N) is 1. The zero-order valence-electron chi connectivity index (χ0n) is 24.3. The number of ether oxygens (including phenoxy) is 2. The van der Waals surface area contributed by atoms with E-state index in [1.165, 1.54) is 31.2 Å². The molecule has 0 bridgehead atoms. The maximum Gasteiger partial charge on any atom is 0.264 e. The lowest BCUT2D eigenvalue weighted by molar-refractivity contribution is -0.139. The first-order valence-electron chi connectivity index (χ1n) is 13.7. The van der Waals surface area contributed by atoms with Crippen LogP contribution in [0.15, 0.2) is 114 Å². The molecule has 0 saturated carbocycles. The topological polar surface area (TPSA) is 105 Å². The molecule has 4 aromatic carbocycles. The van der Waals surface area contributed by atoms with Crippen molar-refractivity contribution in [2.75, 3.05) is 32.1 Å². The second-order valence-corrected chi connectivity index (χ2v) is 11.6. The molecule has 224 valence electrons. The normalized spacial score (nSPS) is 11.7. The Kier molecular flexibility index (Phi) is 10.4. The minimum absolute atomic E-state index is 0.0325. The number of likely N-dealkylation sites (N-methyl/N-ethyl adjacent to an activating group) is 1. The van der Waals surface area contributed by atoms with E-state index in [0.29, 0.717) is 11.5 Å². The van der Waals surface area contributed by atoms with E-state index in [4.69, 9.17) is 9.47 Å². The number of anilines is 1. The average molecular weight is 602 g/mol. The van der Waals surface area contributed by atoms with Gasteiger partial charge in [-0.25, -0.2) is 8.42 Å². The number of methoxy groups -OCH3 is 2. The van der Waals surface area contributed by atoms with Gasteiger partial charge in [-0.1, -0.05) is 60.7 Å². The third-order valence-electron chi connectivity index (χ3n) is 6.98. The Hall–Kier alpha value is -4.83. The second kappa shape index (κ2) is 14.4. The standard InChI is InChI=1S/C33H35N3O6S/c1-34-33(38)31(22-25-11-6-4-7-12-25)35(23-26-13-10-14-29(21-26)42-3)32(37)24-36(27-17-19-28(41-2)20-18-27)43(39,40)30-15-8-5-9-16-30/h4-21,31H,22-24H2,1-3H3,(H,34,38)/t31-/m0/s1. The molecule has 1 atom stereocenters. The highest BCUT2D eigenvalue weighted by molar-refractivity contribution is 7.92. The fraction of sp³-hybridized carbons (Fsp3) is 0.212. The van der Waals surface area contributed by atoms with Crippen LogP contribution >= 0.6 is 0 Å². The number of sulfonamides is 1. The zero-order valence-corrected chi connectivity index (χ0v) is 25.2. The number of hydrogen-bond donors (Lipinski definition) is 1. The molecule has 0 heterocycles. The summed E-state index contributed by atoms with van der Waals surface area (Å²) in [7, 11) is 0.401. The summed E-state index contributed by atoms with van der Waals surface area (Å²) in [6.07, 6.45) is 0.226. The Labute approximate surface area is 252 Å². The van der Waals surface area contributed by atoms with Crippen LogP contribution in [0.3, 0.4) is 0 Å². The summed E-state index contributed by atoms with van der Waals surface area (Å²) in [6, 6.07) is 30.0. The highest BCUT2D eigenvalue weighted by atomic mass is 32.2. The molecule has 10 heteroatoms. The van der Waals surface area contributed by atoms with Gasteiger partial charge in [0.2, 0.25) is 11.8 Å². The largest absolute Gasteiger partial charge is 0.497 e. The van der Waals surface area contributed by atoms with Crippen molar-refractivity contribution in [3.63, 3.8) is 0 Å². The molecule has 0 saturated heterocycles. The number of nitrogens with zero attached hydrogens (tertiary/aromatic N) is 2. The molecule has 4 aromatic rings. The van der Waals surface area contributed by atoms with E-state index in [1.54, 1.807) is 67.8 Å². The minimum atomic E-state index is -4.17. The van der Waals surface area contributed by atoms with E-state index >= 15 is 0 Å². The van der Waals surface area contributed by atoms with Crippen LogP contribution < -0.4 is 19.1 Å². The lowest BCUT2D eigenvalue weighted by Crippen LogP contribution is -2.53. The Morgan fingerprint density at radius 2 is 1.37 bits per heavy atom. The molecule has 4 rings (SSSR count). The van der Waals surface area contributed by atoms with Crippen LogP contribution in [0.2, 0.25) is 0 Å². The number of benzene rings is 4. The lowest BCUT2D eigenvalue weighted by atomic mass is 10.0. The summed E-state index contributed by atoms with van der Waals surface area (Å²) in [6.45, 7) is -0.501. The van der Waals surface area contributed by atoms with Gasteiger partial charge in [-0.3, -0.25) is 13.9 Å². The van der Waals surface area contributed by atoms with Crippen LogP contribution in [0.4, 0.5) is 5.69 Å². The van der Waals surface area contributed by atoms with Crippen molar-refractivity contribution in [2.45, 2.75) is 23.9 Å². The fourth-order valence-corrected chi connectivity index (χ4v) is 6.12. The van der Waals surface area contributed by atoms with Crippen molar-refractivity contribution in [3.05, 3.63) is 120 Å². The molecular weight excluding hydrogens is 566 g/mol. The molecule has 0 aromatic heterocycles. The van der Waals surface area contributed by atoms with Crippen molar-refractivity contribution in [1.82, 2.24) is 10.2 Å². The average Bonchev–Trinajstić information content (AvgIpc) is 3.05. The van der Waals surface area contributed by atoms with Crippen LogP contribution in [0, 0.1) is 0 Å².